The molecule has 0 saturated carbocycles. The molecule has 5 heterocycles. The third-order valence-corrected chi connectivity index (χ3v) is 12.3. The zero-order valence-electron chi connectivity index (χ0n) is 37.7. The molecule has 62 heavy (non-hydrogen) atoms. The molecule has 4 aliphatic heterocycles. The number of phenols is 2. The molecule has 3 N–H and O–H groups in total. The van der Waals surface area contributed by atoms with Gasteiger partial charge in [-0.25, -0.2) is 0 Å². The predicted molar refractivity (Wildman–Crippen MR) is 229 cm³/mol. The molecule has 0 aliphatic carbocycles. The summed E-state index contributed by atoms with van der Waals surface area (Å²) in [5.41, 5.74) is 0.454. The topological polar surface area (TPSA) is 189 Å². The van der Waals surface area contributed by atoms with Gasteiger partial charge in [0.25, 0.3) is 17.4 Å². The molecule has 7 bridgehead atoms. The lowest BCUT2D eigenvalue weighted by molar-refractivity contribution is -0.595. The van der Waals surface area contributed by atoms with Gasteiger partial charge in [0.1, 0.15) is 11.9 Å². The summed E-state index contributed by atoms with van der Waals surface area (Å²) in [6.45, 7) is 17.3. The van der Waals surface area contributed by atoms with Gasteiger partial charge >= 0.3 is 11.8 Å². The number of carbonyl (C=O) groups excluding carboxylic acids is 3. The first-order valence-corrected chi connectivity index (χ1v) is 20.8. The lowest BCUT2D eigenvalue weighted by Crippen LogP contribution is -2.56. The van der Waals surface area contributed by atoms with Crippen LogP contribution in [0.4, 0.5) is 11.4 Å². The summed E-state index contributed by atoms with van der Waals surface area (Å²) in [6.07, 6.45) is 9.11. The molecular weight excluding hydrogens is 799 g/mol. The quantitative estimate of drug-likeness (QED) is 0.116. The van der Waals surface area contributed by atoms with Crippen molar-refractivity contribution in [3.63, 3.8) is 0 Å². The minimum atomic E-state index is -2.05. The first-order valence-electron chi connectivity index (χ1n) is 20.8. The molecule has 15 nitrogen and oxygen atoms in total. The summed E-state index contributed by atoms with van der Waals surface area (Å²) in [7, 11) is 5.22. The monoisotopic (exact) mass is 857 g/mol. The highest BCUT2D eigenvalue weighted by Gasteiger charge is 2.51. The summed E-state index contributed by atoms with van der Waals surface area (Å²) in [4.78, 5) is 43.1. The lowest BCUT2D eigenvalue weighted by Gasteiger charge is -2.50. The average molecular weight is 858 g/mol. The van der Waals surface area contributed by atoms with Gasteiger partial charge in [-0.2, -0.15) is 4.57 Å². The maximum absolute atomic E-state index is 14.6. The zero-order valence-corrected chi connectivity index (χ0v) is 37.7. The Kier molecular flexibility index (Phi) is 12.8. The van der Waals surface area contributed by atoms with Crippen molar-refractivity contribution in [2.45, 2.75) is 105 Å². The average Bonchev–Trinajstić information content (AvgIpc) is 3.48. The molecule has 0 spiro atoms. The highest BCUT2D eigenvalue weighted by Crippen LogP contribution is 2.55. The molecule has 0 radical (unpaired) electrons. The molecule has 1 saturated heterocycles. The van der Waals surface area contributed by atoms with Crippen molar-refractivity contribution in [2.75, 3.05) is 31.4 Å². The molecule has 9 unspecified atom stereocenters. The van der Waals surface area contributed by atoms with E-state index >= 15 is 0 Å². The smallest absolute Gasteiger partial charge is 0.312 e. The molecular formula is C47H59N3O12. The molecule has 3 aromatic rings. The maximum Gasteiger partial charge on any atom is 0.312 e. The van der Waals surface area contributed by atoms with Gasteiger partial charge in [0.15, 0.2) is 35.4 Å². The number of amides is 1. The minimum absolute atomic E-state index is 0.0313. The van der Waals surface area contributed by atoms with Crippen molar-refractivity contribution in [3.05, 3.63) is 71.8 Å². The van der Waals surface area contributed by atoms with Crippen LogP contribution in [0.5, 0.6) is 23.0 Å². The van der Waals surface area contributed by atoms with Crippen LogP contribution in [0.3, 0.4) is 0 Å². The number of carbonyl (C=O) groups is 3. The third-order valence-electron chi connectivity index (χ3n) is 12.3. The Morgan fingerprint density at radius 1 is 0.935 bits per heavy atom. The van der Waals surface area contributed by atoms with E-state index in [0.717, 1.165) is 5.69 Å². The highest BCUT2D eigenvalue weighted by molar-refractivity contribution is 6.22. The van der Waals surface area contributed by atoms with Crippen LogP contribution < -0.4 is 24.6 Å². The van der Waals surface area contributed by atoms with Crippen LogP contribution in [0.1, 0.15) is 78.2 Å². The van der Waals surface area contributed by atoms with Crippen LogP contribution in [0.2, 0.25) is 0 Å². The lowest BCUT2D eigenvalue weighted by atomic mass is 9.77. The molecule has 15 heteroatoms. The Morgan fingerprint density at radius 2 is 1.58 bits per heavy atom. The number of methoxy groups -OCH3 is 1. The standard InChI is InChI=1S/C47H59N3O12/c1-23-15-14-16-24(2)45(56)48-35-36(50-20-17-30(18-21-50)49(11)12)39(54)32-33(38(35)53)37(52)26(4)43-34(32)44(55)47(10,62-43)58-22-19-31(57-13)25(3)41(59-29(7)51)28(6)42-27(5)40(23)60-46(8,9)61-42/h14-23,25,27-28,31,40-42H,1-13H3,(H3-,48,52,53,54,55,56)/b15-14+,22-19+,24-16-. The third kappa shape index (κ3) is 8.32. The molecule has 4 aliphatic rings. The van der Waals surface area contributed by atoms with E-state index in [1.165, 1.54) is 38.7 Å². The Bertz CT molecular complexity index is 2350. The van der Waals surface area contributed by atoms with Crippen LogP contribution in [0.25, 0.3) is 16.5 Å². The number of fused-ring (bicyclic) bond motifs is 10. The van der Waals surface area contributed by atoms with E-state index in [4.69, 9.17) is 28.4 Å². The normalized spacial score (nSPS) is 30.8. The van der Waals surface area contributed by atoms with Crippen molar-refractivity contribution < 1.29 is 62.7 Å². The fraction of sp³-hybridized carbons (Fsp3) is 0.489. The number of hydrogen-bond donors (Lipinski definition) is 3. The second kappa shape index (κ2) is 17.3. The zero-order chi connectivity index (χ0) is 45.7. The fourth-order valence-electron chi connectivity index (χ4n) is 8.90. The number of benzene rings is 2. The molecule has 1 aromatic heterocycles. The Morgan fingerprint density at radius 3 is 2.19 bits per heavy atom. The van der Waals surface area contributed by atoms with Crippen LogP contribution >= 0.6 is 0 Å². The number of Topliss-reactive ketones (excluding diaryl/α,β-unsaturated/α-hetero) is 1. The Hall–Kier alpha value is -5.64. The number of anilines is 2. The van der Waals surface area contributed by atoms with Gasteiger partial charge in [0.05, 0.1) is 30.1 Å². The van der Waals surface area contributed by atoms with Gasteiger partial charge in [-0.05, 0) is 39.3 Å². The highest BCUT2D eigenvalue weighted by atomic mass is 16.7. The molecule has 1 fully saturated rings. The molecule has 334 valence electrons. The minimum Gasteiger partial charge on any atom is -0.872 e. The number of hydrogen-bond acceptors (Lipinski definition) is 13. The van der Waals surface area contributed by atoms with Crippen LogP contribution in [-0.4, -0.2) is 85.1 Å². The van der Waals surface area contributed by atoms with Gasteiger partial charge in [-0.1, -0.05) is 51.7 Å². The second-order valence-electron chi connectivity index (χ2n) is 17.5. The molecule has 9 atom stereocenters. The van der Waals surface area contributed by atoms with Crippen molar-refractivity contribution in [1.82, 2.24) is 0 Å². The second-order valence-corrected chi connectivity index (χ2v) is 17.5. The number of esters is 1. The number of ether oxygens (including phenoxy) is 6. The summed E-state index contributed by atoms with van der Waals surface area (Å²) in [5.74, 6) is -8.25. The Balaban J connectivity index is 1.57. The van der Waals surface area contributed by atoms with Gasteiger partial charge in [-0.15, -0.1) is 0 Å². The van der Waals surface area contributed by atoms with Gasteiger partial charge in [-0.3, -0.25) is 14.4 Å². The number of aromatic hydroxyl groups is 2. The van der Waals surface area contributed by atoms with Gasteiger partial charge in [0.2, 0.25) is 0 Å². The number of pyridine rings is 1. The van der Waals surface area contributed by atoms with Gasteiger partial charge in [0, 0.05) is 92.9 Å². The summed E-state index contributed by atoms with van der Waals surface area (Å²) >= 11 is 0. The number of phenolic OH excluding ortho intramolecular Hbond substituents is 2. The summed E-state index contributed by atoms with van der Waals surface area (Å²) in [5, 5.41) is 40.6. The number of rotatable bonds is 4. The maximum atomic E-state index is 14.6. The van der Waals surface area contributed by atoms with E-state index in [1.54, 1.807) is 49.7 Å². The van der Waals surface area contributed by atoms with E-state index < -0.39 is 76.1 Å². The van der Waals surface area contributed by atoms with E-state index in [1.807, 2.05) is 66.6 Å². The van der Waals surface area contributed by atoms with Crippen molar-refractivity contribution in [2.24, 2.45) is 23.7 Å². The number of nitrogens with one attached hydrogen (secondary N) is 1. The predicted octanol–water partition coefficient (Wildman–Crippen LogP) is 6.26. The number of ketones is 1. The van der Waals surface area contributed by atoms with Crippen molar-refractivity contribution >= 4 is 39.8 Å². The SMILES string of the molecule is COC1/C=C/OC2(C)Oc3c(C)c([O-])c4c(O)c(c(-[n+]5ccc(N(C)C)cc5)c(O)c4c3C2=O)NC(=O)/C(C)=C\C=C\C(C)C2OC(C)(C)OC(C2C)C(C)C(OC(C)=O)C1C. The molecule has 1 amide bonds. The number of nitrogens with zero attached hydrogens (tertiary/aromatic N) is 2. The van der Waals surface area contributed by atoms with Crippen LogP contribution in [0.15, 0.2) is 60.7 Å². The number of aromatic nitrogens is 1. The molecule has 2 aromatic carbocycles. The fourth-order valence-corrected chi connectivity index (χ4v) is 8.90. The number of allylic oxidation sites excluding steroid dienone is 2. The van der Waals surface area contributed by atoms with E-state index in [0.29, 0.717) is 0 Å². The van der Waals surface area contributed by atoms with Crippen molar-refractivity contribution in [3.8, 4) is 28.7 Å². The van der Waals surface area contributed by atoms with E-state index in [2.05, 4.69) is 5.32 Å². The van der Waals surface area contributed by atoms with E-state index in [9.17, 15) is 29.7 Å². The largest absolute Gasteiger partial charge is 0.872 e. The van der Waals surface area contributed by atoms with Crippen LogP contribution in [-0.2, 0) is 33.3 Å². The first-order chi connectivity index (χ1) is 29.0. The van der Waals surface area contributed by atoms with Gasteiger partial charge < -0.3 is 54.0 Å². The van der Waals surface area contributed by atoms with Crippen LogP contribution in [0, 0.1) is 30.6 Å². The van der Waals surface area contributed by atoms with Crippen molar-refractivity contribution in [1.29, 1.82) is 0 Å². The Labute approximate surface area is 362 Å². The summed E-state index contributed by atoms with van der Waals surface area (Å²) < 4.78 is 38.7. The first kappa shape index (κ1) is 45.9. The summed E-state index contributed by atoms with van der Waals surface area (Å²) in [6, 6.07) is 3.50. The van der Waals surface area contributed by atoms with E-state index in [-0.39, 0.29) is 63.1 Å². The molecule has 7 rings (SSSR count).